The van der Waals surface area contributed by atoms with Crippen LogP contribution in [-0.2, 0) is 21.2 Å². The summed E-state index contributed by atoms with van der Waals surface area (Å²) in [4.78, 5) is 25.8. The number of benzene rings is 2. The van der Waals surface area contributed by atoms with E-state index in [9.17, 15) is 18.0 Å². The maximum Gasteiger partial charge on any atom is 0.261 e. The van der Waals surface area contributed by atoms with Gasteiger partial charge in [0.25, 0.3) is 15.9 Å². The molecule has 2 aliphatic rings. The molecule has 0 unspecified atom stereocenters. The van der Waals surface area contributed by atoms with Crippen molar-refractivity contribution >= 4 is 33.2 Å². The van der Waals surface area contributed by atoms with Gasteiger partial charge in [0.1, 0.15) is 0 Å². The van der Waals surface area contributed by atoms with Crippen molar-refractivity contribution in [3.63, 3.8) is 0 Å². The van der Waals surface area contributed by atoms with Gasteiger partial charge in [-0.15, -0.1) is 0 Å². The average molecular weight is 413 g/mol. The number of sulfonamides is 1. The Morgan fingerprint density at radius 2 is 1.90 bits per heavy atom. The first-order chi connectivity index (χ1) is 13.8. The summed E-state index contributed by atoms with van der Waals surface area (Å²) in [5.74, 6) is -0.257. The van der Waals surface area contributed by atoms with Gasteiger partial charge in [0.2, 0.25) is 5.91 Å². The van der Waals surface area contributed by atoms with Crippen LogP contribution in [0.15, 0.2) is 47.4 Å². The molecule has 0 radical (unpaired) electrons. The maximum atomic E-state index is 12.9. The Balaban J connectivity index is 1.56. The Labute approximate surface area is 170 Å². The van der Waals surface area contributed by atoms with Crippen molar-refractivity contribution in [3.8, 4) is 0 Å². The number of rotatable bonds is 5. The van der Waals surface area contributed by atoms with Crippen LogP contribution < -0.4 is 14.9 Å². The Morgan fingerprint density at radius 3 is 2.62 bits per heavy atom. The van der Waals surface area contributed by atoms with Gasteiger partial charge in [-0.1, -0.05) is 6.07 Å². The molecule has 0 aromatic heterocycles. The summed E-state index contributed by atoms with van der Waals surface area (Å²) in [5.41, 5.74) is 2.35. The van der Waals surface area contributed by atoms with Gasteiger partial charge in [-0.2, -0.15) is 0 Å². The smallest absolute Gasteiger partial charge is 0.261 e. The van der Waals surface area contributed by atoms with E-state index >= 15 is 0 Å². The molecule has 0 saturated heterocycles. The molecule has 29 heavy (non-hydrogen) atoms. The van der Waals surface area contributed by atoms with Crippen LogP contribution in [-0.4, -0.2) is 32.8 Å². The highest BCUT2D eigenvalue weighted by molar-refractivity contribution is 7.92. The van der Waals surface area contributed by atoms with Crippen LogP contribution in [0.25, 0.3) is 0 Å². The Morgan fingerprint density at radius 1 is 1.10 bits per heavy atom. The van der Waals surface area contributed by atoms with E-state index in [0.717, 1.165) is 36.9 Å². The number of hydrogen-bond acceptors (Lipinski definition) is 4. The molecule has 1 saturated carbocycles. The maximum absolute atomic E-state index is 12.9. The lowest BCUT2D eigenvalue weighted by atomic mass is 10.0. The van der Waals surface area contributed by atoms with Crippen LogP contribution in [0.1, 0.15) is 42.1 Å². The van der Waals surface area contributed by atoms with Crippen molar-refractivity contribution in [1.29, 1.82) is 0 Å². The topological polar surface area (TPSA) is 95.6 Å². The first kappa shape index (κ1) is 19.4. The van der Waals surface area contributed by atoms with E-state index in [-0.39, 0.29) is 22.8 Å². The van der Waals surface area contributed by atoms with Gasteiger partial charge in [0.05, 0.1) is 4.90 Å². The van der Waals surface area contributed by atoms with Crippen LogP contribution in [0.2, 0.25) is 0 Å². The van der Waals surface area contributed by atoms with Gasteiger partial charge in [-0.25, -0.2) is 8.42 Å². The molecule has 2 aromatic carbocycles. The molecule has 2 N–H and O–H groups in total. The Hall–Kier alpha value is -2.87. The standard InChI is InChI=1S/C21H23N3O4S/c1-14(25)24-11-3-5-15-13-19(9-10-20(15)24)29(27,28)23-18-6-2-4-16(12-18)21(26)22-17-7-8-17/h2,4,6,9-10,12-13,17,23H,3,5,7-8,11H2,1H3,(H,22,26). The molecule has 2 aromatic rings. The SMILES string of the molecule is CC(=O)N1CCCc2cc(S(=O)(=O)Nc3cccc(C(=O)NC4CC4)c3)ccc21. The van der Waals surface area contributed by atoms with Gasteiger partial charge < -0.3 is 10.2 Å². The summed E-state index contributed by atoms with van der Waals surface area (Å²) < 4.78 is 28.3. The minimum atomic E-state index is -3.82. The zero-order valence-corrected chi connectivity index (χ0v) is 17.0. The molecular formula is C21H23N3O4S. The zero-order chi connectivity index (χ0) is 20.6. The quantitative estimate of drug-likeness (QED) is 0.788. The number of carbonyl (C=O) groups excluding carboxylic acids is 2. The van der Waals surface area contributed by atoms with Gasteiger partial charge in [0, 0.05) is 36.4 Å². The van der Waals surface area contributed by atoms with Crippen molar-refractivity contribution in [2.24, 2.45) is 0 Å². The molecule has 1 aliphatic carbocycles. The fourth-order valence-corrected chi connectivity index (χ4v) is 4.60. The lowest BCUT2D eigenvalue weighted by Gasteiger charge is -2.28. The number of anilines is 2. The second-order valence-electron chi connectivity index (χ2n) is 7.50. The van der Waals surface area contributed by atoms with Crippen molar-refractivity contribution in [1.82, 2.24) is 5.32 Å². The largest absolute Gasteiger partial charge is 0.349 e. The second kappa shape index (κ2) is 7.51. The number of nitrogens with zero attached hydrogens (tertiary/aromatic N) is 1. The second-order valence-corrected chi connectivity index (χ2v) is 9.18. The number of aryl methyl sites for hydroxylation is 1. The van der Waals surface area contributed by atoms with Crippen LogP contribution in [0.4, 0.5) is 11.4 Å². The van der Waals surface area contributed by atoms with Crippen LogP contribution in [0.3, 0.4) is 0 Å². The van der Waals surface area contributed by atoms with E-state index in [1.165, 1.54) is 19.1 Å². The lowest BCUT2D eigenvalue weighted by Crippen LogP contribution is -2.33. The van der Waals surface area contributed by atoms with E-state index in [2.05, 4.69) is 10.0 Å². The summed E-state index contributed by atoms with van der Waals surface area (Å²) >= 11 is 0. The van der Waals surface area contributed by atoms with Crippen molar-refractivity contribution in [3.05, 3.63) is 53.6 Å². The summed E-state index contributed by atoms with van der Waals surface area (Å²) in [6.07, 6.45) is 3.48. The van der Waals surface area contributed by atoms with Crippen LogP contribution >= 0.6 is 0 Å². The zero-order valence-electron chi connectivity index (χ0n) is 16.1. The third-order valence-corrected chi connectivity index (χ3v) is 6.53. The van der Waals surface area contributed by atoms with E-state index < -0.39 is 10.0 Å². The third kappa shape index (κ3) is 4.27. The van der Waals surface area contributed by atoms with Gasteiger partial charge in [-0.05, 0) is 67.6 Å². The number of nitrogens with one attached hydrogen (secondary N) is 2. The van der Waals surface area contributed by atoms with Crippen LogP contribution in [0.5, 0.6) is 0 Å². The fourth-order valence-electron chi connectivity index (χ4n) is 3.50. The van der Waals surface area contributed by atoms with Crippen molar-refractivity contribution < 1.29 is 18.0 Å². The molecule has 1 fully saturated rings. The van der Waals surface area contributed by atoms with Gasteiger partial charge >= 0.3 is 0 Å². The highest BCUT2D eigenvalue weighted by atomic mass is 32.2. The molecule has 2 amide bonds. The minimum absolute atomic E-state index is 0.0547. The summed E-state index contributed by atoms with van der Waals surface area (Å²) in [6, 6.07) is 11.5. The molecule has 0 bridgehead atoms. The number of carbonyl (C=O) groups is 2. The molecule has 152 valence electrons. The number of amides is 2. The Kier molecular flexibility index (Phi) is 5.04. The van der Waals surface area contributed by atoms with Crippen molar-refractivity contribution in [2.75, 3.05) is 16.2 Å². The monoisotopic (exact) mass is 413 g/mol. The average Bonchev–Trinajstić information content (AvgIpc) is 3.50. The number of hydrogen-bond donors (Lipinski definition) is 2. The lowest BCUT2D eigenvalue weighted by molar-refractivity contribution is -0.116. The van der Waals surface area contributed by atoms with E-state index in [1.54, 1.807) is 35.2 Å². The summed E-state index contributed by atoms with van der Waals surface area (Å²) in [5, 5.41) is 2.89. The highest BCUT2D eigenvalue weighted by Crippen LogP contribution is 2.30. The van der Waals surface area contributed by atoms with Gasteiger partial charge in [0.15, 0.2) is 0 Å². The van der Waals surface area contributed by atoms with E-state index in [0.29, 0.717) is 17.8 Å². The van der Waals surface area contributed by atoms with E-state index in [1.807, 2.05) is 0 Å². The first-order valence-corrected chi connectivity index (χ1v) is 11.2. The molecule has 7 nitrogen and oxygen atoms in total. The molecule has 1 aliphatic heterocycles. The van der Waals surface area contributed by atoms with Gasteiger partial charge in [-0.3, -0.25) is 14.3 Å². The van der Waals surface area contributed by atoms with Crippen LogP contribution in [0, 0.1) is 0 Å². The third-order valence-electron chi connectivity index (χ3n) is 5.15. The fraction of sp³-hybridized carbons (Fsp3) is 0.333. The first-order valence-electron chi connectivity index (χ1n) is 9.68. The number of fused-ring (bicyclic) bond motifs is 1. The molecular weight excluding hydrogens is 390 g/mol. The Bertz CT molecular complexity index is 1080. The summed E-state index contributed by atoms with van der Waals surface area (Å²) in [7, 11) is -3.82. The molecule has 8 heteroatoms. The normalized spacial score (nSPS) is 16.1. The predicted octanol–water partition coefficient (Wildman–Crippen LogP) is 2.68. The molecule has 4 rings (SSSR count). The van der Waals surface area contributed by atoms with E-state index in [4.69, 9.17) is 0 Å². The molecule has 0 spiro atoms. The summed E-state index contributed by atoms with van der Waals surface area (Å²) in [6.45, 7) is 2.15. The highest BCUT2D eigenvalue weighted by Gasteiger charge is 2.25. The molecule has 0 atom stereocenters. The molecule has 1 heterocycles. The van der Waals surface area contributed by atoms with Crippen molar-refractivity contribution in [2.45, 2.75) is 43.5 Å². The predicted molar refractivity (Wildman–Crippen MR) is 111 cm³/mol. The minimum Gasteiger partial charge on any atom is -0.349 e.